The van der Waals surface area contributed by atoms with Crippen LogP contribution in [0.5, 0.6) is 0 Å². The van der Waals surface area contributed by atoms with Crippen LogP contribution in [-0.2, 0) is 4.79 Å². The highest BCUT2D eigenvalue weighted by atomic mass is 16.4. The first-order chi connectivity index (χ1) is 9.32. The Labute approximate surface area is 118 Å². The number of aromatic nitrogens is 2. The molecule has 7 heteroatoms. The summed E-state index contributed by atoms with van der Waals surface area (Å²) >= 11 is 0. The Bertz CT molecular complexity index is 462. The number of urea groups is 1. The van der Waals surface area contributed by atoms with Gasteiger partial charge in [-0.05, 0) is 34.1 Å². The molecular formula is C13H22N4O3. The molecule has 1 aromatic rings. The van der Waals surface area contributed by atoms with Crippen molar-refractivity contribution in [3.8, 4) is 0 Å². The fraction of sp³-hybridized carbons (Fsp3) is 0.615. The Hall–Kier alpha value is -2.05. The number of aromatic amines is 1. The first kappa shape index (κ1) is 16.0. The van der Waals surface area contributed by atoms with Gasteiger partial charge in [-0.1, -0.05) is 0 Å². The predicted octanol–water partition coefficient (Wildman–Crippen LogP) is 2.13. The van der Waals surface area contributed by atoms with Crippen LogP contribution in [0, 0.1) is 13.8 Å². The topological polar surface area (TPSA) is 98.3 Å². The monoisotopic (exact) mass is 282 g/mol. The van der Waals surface area contributed by atoms with Gasteiger partial charge in [-0.2, -0.15) is 5.10 Å². The summed E-state index contributed by atoms with van der Waals surface area (Å²) in [5, 5.41) is 18.3. The lowest BCUT2D eigenvalue weighted by Gasteiger charge is -2.26. The van der Waals surface area contributed by atoms with Gasteiger partial charge in [0.2, 0.25) is 0 Å². The molecule has 0 aliphatic heterocycles. The van der Waals surface area contributed by atoms with Crippen LogP contribution >= 0.6 is 0 Å². The molecule has 7 nitrogen and oxygen atoms in total. The molecule has 0 bridgehead atoms. The van der Waals surface area contributed by atoms with Crippen molar-refractivity contribution in [2.45, 2.75) is 46.6 Å². The molecule has 0 aliphatic carbocycles. The summed E-state index contributed by atoms with van der Waals surface area (Å²) < 4.78 is 0. The maximum Gasteiger partial charge on any atom is 0.322 e. The molecule has 0 atom stereocenters. The van der Waals surface area contributed by atoms with E-state index in [4.69, 9.17) is 5.11 Å². The summed E-state index contributed by atoms with van der Waals surface area (Å²) in [6.07, 6.45) is 0.491. The van der Waals surface area contributed by atoms with E-state index in [1.165, 1.54) is 0 Å². The van der Waals surface area contributed by atoms with E-state index in [-0.39, 0.29) is 18.5 Å². The highest BCUT2D eigenvalue weighted by Crippen LogP contribution is 2.17. The Balaban J connectivity index is 2.67. The predicted molar refractivity (Wildman–Crippen MR) is 75.8 cm³/mol. The number of carbonyl (C=O) groups excluding carboxylic acids is 1. The summed E-state index contributed by atoms with van der Waals surface area (Å²) in [5.41, 5.74) is 2.20. The van der Waals surface area contributed by atoms with Crippen molar-refractivity contribution >= 4 is 17.7 Å². The number of aryl methyl sites for hydroxylation is 2. The number of hydrogen-bond acceptors (Lipinski definition) is 3. The number of carboxylic acids is 1. The van der Waals surface area contributed by atoms with E-state index in [1.54, 1.807) is 4.90 Å². The second-order valence-corrected chi connectivity index (χ2v) is 5.02. The van der Waals surface area contributed by atoms with Crippen molar-refractivity contribution < 1.29 is 14.7 Å². The Morgan fingerprint density at radius 2 is 2.05 bits per heavy atom. The van der Waals surface area contributed by atoms with Crippen molar-refractivity contribution in [3.63, 3.8) is 0 Å². The van der Waals surface area contributed by atoms with E-state index in [0.717, 1.165) is 11.4 Å². The quantitative estimate of drug-likeness (QED) is 0.744. The summed E-state index contributed by atoms with van der Waals surface area (Å²) in [6.45, 7) is 7.85. The number of rotatable bonds is 6. The van der Waals surface area contributed by atoms with Gasteiger partial charge in [-0.25, -0.2) is 4.79 Å². The fourth-order valence-electron chi connectivity index (χ4n) is 1.91. The number of aliphatic carboxylic acids is 1. The fourth-order valence-corrected chi connectivity index (χ4v) is 1.91. The van der Waals surface area contributed by atoms with E-state index in [0.29, 0.717) is 18.7 Å². The van der Waals surface area contributed by atoms with E-state index >= 15 is 0 Å². The van der Waals surface area contributed by atoms with Gasteiger partial charge in [0.05, 0.1) is 17.1 Å². The molecule has 0 radical (unpaired) electrons. The summed E-state index contributed by atoms with van der Waals surface area (Å²) in [6, 6.07) is -0.241. The van der Waals surface area contributed by atoms with Gasteiger partial charge in [0.15, 0.2) is 0 Å². The van der Waals surface area contributed by atoms with E-state index in [2.05, 4.69) is 15.5 Å². The third-order valence-corrected chi connectivity index (χ3v) is 3.03. The Morgan fingerprint density at radius 1 is 1.40 bits per heavy atom. The molecule has 0 aromatic carbocycles. The molecule has 20 heavy (non-hydrogen) atoms. The molecule has 1 rings (SSSR count). The van der Waals surface area contributed by atoms with Crippen molar-refractivity contribution in [3.05, 3.63) is 11.4 Å². The molecular weight excluding hydrogens is 260 g/mol. The molecule has 0 aliphatic rings. The minimum absolute atomic E-state index is 0.00342. The molecule has 1 heterocycles. The minimum Gasteiger partial charge on any atom is -0.481 e. The smallest absolute Gasteiger partial charge is 0.322 e. The first-order valence-electron chi connectivity index (χ1n) is 6.64. The highest BCUT2D eigenvalue weighted by Gasteiger charge is 2.19. The second kappa shape index (κ2) is 6.93. The number of anilines is 1. The normalized spacial score (nSPS) is 10.7. The van der Waals surface area contributed by atoms with Gasteiger partial charge in [0.25, 0.3) is 0 Å². The van der Waals surface area contributed by atoms with Crippen molar-refractivity contribution in [1.29, 1.82) is 0 Å². The standard InChI is InChI=1S/C13H22N4O3/c1-8(2)17(7-5-6-11(18)19)13(20)14-12-9(3)15-16-10(12)4/h8H,5-7H2,1-4H3,(H,14,20)(H,15,16)(H,18,19). The van der Waals surface area contributed by atoms with E-state index in [1.807, 2.05) is 27.7 Å². The maximum absolute atomic E-state index is 12.3. The van der Waals surface area contributed by atoms with Crippen LogP contribution < -0.4 is 5.32 Å². The van der Waals surface area contributed by atoms with E-state index < -0.39 is 5.97 Å². The van der Waals surface area contributed by atoms with Gasteiger partial charge in [0.1, 0.15) is 0 Å². The molecule has 0 fully saturated rings. The first-order valence-corrected chi connectivity index (χ1v) is 6.64. The number of nitrogens with one attached hydrogen (secondary N) is 2. The SMILES string of the molecule is Cc1n[nH]c(C)c1NC(=O)N(CCCC(=O)O)C(C)C. The molecule has 0 unspecified atom stereocenters. The van der Waals surface area contributed by atoms with Crippen LogP contribution in [0.25, 0.3) is 0 Å². The number of carboxylic acid groups (broad SMARTS) is 1. The van der Waals surface area contributed by atoms with Crippen LogP contribution in [0.1, 0.15) is 38.1 Å². The zero-order valence-corrected chi connectivity index (χ0v) is 12.4. The molecule has 0 spiro atoms. The zero-order chi connectivity index (χ0) is 15.3. The van der Waals surface area contributed by atoms with Gasteiger partial charge < -0.3 is 15.3 Å². The van der Waals surface area contributed by atoms with Gasteiger partial charge in [-0.3, -0.25) is 9.89 Å². The van der Waals surface area contributed by atoms with Crippen LogP contribution in [0.4, 0.5) is 10.5 Å². The minimum atomic E-state index is -0.851. The third kappa shape index (κ3) is 4.25. The lowest BCUT2D eigenvalue weighted by molar-refractivity contribution is -0.137. The number of H-pyrrole nitrogens is 1. The number of hydrogen-bond donors (Lipinski definition) is 3. The lowest BCUT2D eigenvalue weighted by atomic mass is 10.2. The van der Waals surface area contributed by atoms with Crippen LogP contribution in [-0.4, -0.2) is 44.8 Å². The Morgan fingerprint density at radius 3 is 2.50 bits per heavy atom. The van der Waals surface area contributed by atoms with Gasteiger partial charge in [0, 0.05) is 19.0 Å². The van der Waals surface area contributed by atoms with Crippen LogP contribution in [0.15, 0.2) is 0 Å². The molecule has 112 valence electrons. The lowest BCUT2D eigenvalue weighted by Crippen LogP contribution is -2.41. The maximum atomic E-state index is 12.3. The van der Waals surface area contributed by atoms with Crippen LogP contribution in [0.2, 0.25) is 0 Å². The molecule has 2 amide bonds. The summed E-state index contributed by atoms with van der Waals surface area (Å²) in [7, 11) is 0. The van der Waals surface area contributed by atoms with Gasteiger partial charge in [-0.15, -0.1) is 0 Å². The molecule has 3 N–H and O–H groups in total. The highest BCUT2D eigenvalue weighted by molar-refractivity contribution is 5.90. The van der Waals surface area contributed by atoms with Gasteiger partial charge >= 0.3 is 12.0 Å². The number of amides is 2. The zero-order valence-electron chi connectivity index (χ0n) is 12.4. The van der Waals surface area contributed by atoms with Crippen molar-refractivity contribution in [2.75, 3.05) is 11.9 Å². The number of carbonyl (C=O) groups is 2. The summed E-state index contributed by atoms with van der Waals surface area (Å²) in [5.74, 6) is -0.851. The van der Waals surface area contributed by atoms with E-state index in [9.17, 15) is 9.59 Å². The van der Waals surface area contributed by atoms with Crippen molar-refractivity contribution in [2.24, 2.45) is 0 Å². The average molecular weight is 282 g/mol. The van der Waals surface area contributed by atoms with Crippen LogP contribution in [0.3, 0.4) is 0 Å². The third-order valence-electron chi connectivity index (χ3n) is 3.03. The molecule has 0 saturated heterocycles. The summed E-state index contributed by atoms with van der Waals surface area (Å²) in [4.78, 5) is 24.4. The molecule has 1 aromatic heterocycles. The van der Waals surface area contributed by atoms with Crippen molar-refractivity contribution in [1.82, 2.24) is 15.1 Å². The number of nitrogens with zero attached hydrogens (tertiary/aromatic N) is 2. The largest absolute Gasteiger partial charge is 0.481 e. The average Bonchev–Trinajstić information content (AvgIpc) is 2.65. The molecule has 0 saturated carbocycles. The second-order valence-electron chi connectivity index (χ2n) is 5.02. The Kier molecular flexibility index (Phi) is 5.54.